The molecule has 0 spiro atoms. The molecular formula is C12H21N3O3S. The Hall–Kier alpha value is -0.920. The van der Waals surface area contributed by atoms with Crippen molar-refractivity contribution in [3.63, 3.8) is 0 Å². The highest BCUT2D eigenvalue weighted by Gasteiger charge is 2.23. The van der Waals surface area contributed by atoms with E-state index >= 15 is 0 Å². The quantitative estimate of drug-likeness (QED) is 0.805. The molecule has 2 heterocycles. The maximum atomic E-state index is 12.3. The van der Waals surface area contributed by atoms with Gasteiger partial charge in [-0.1, -0.05) is 0 Å². The van der Waals surface area contributed by atoms with E-state index < -0.39 is 10.0 Å². The molecule has 1 fully saturated rings. The molecule has 7 heteroatoms. The van der Waals surface area contributed by atoms with E-state index in [0.29, 0.717) is 12.5 Å². The van der Waals surface area contributed by atoms with Crippen LogP contribution in [0.15, 0.2) is 17.3 Å². The van der Waals surface area contributed by atoms with Crippen molar-refractivity contribution in [2.45, 2.75) is 24.2 Å². The van der Waals surface area contributed by atoms with Gasteiger partial charge in [-0.05, 0) is 25.2 Å². The zero-order chi connectivity index (χ0) is 13.9. The molecule has 1 aromatic rings. The number of hydrogen-bond acceptors (Lipinski definition) is 4. The second-order valence-corrected chi connectivity index (χ2v) is 7.07. The summed E-state index contributed by atoms with van der Waals surface area (Å²) in [5, 5.41) is 3.91. The topological polar surface area (TPSA) is 64.4 Å². The Morgan fingerprint density at radius 3 is 2.74 bits per heavy atom. The lowest BCUT2D eigenvalue weighted by Gasteiger charge is -2.24. The summed E-state index contributed by atoms with van der Waals surface area (Å²) in [7, 11) is -0.0642. The lowest BCUT2D eigenvalue weighted by molar-refractivity contribution is 0.0628. The average molecular weight is 287 g/mol. The summed E-state index contributed by atoms with van der Waals surface area (Å²) in [6.45, 7) is 2.13. The van der Waals surface area contributed by atoms with Crippen LogP contribution < -0.4 is 0 Å². The number of ether oxygens (including phenoxy) is 1. The van der Waals surface area contributed by atoms with Gasteiger partial charge < -0.3 is 4.74 Å². The first kappa shape index (κ1) is 14.5. The third-order valence-corrected chi connectivity index (χ3v) is 5.39. The molecule has 0 radical (unpaired) electrons. The fraction of sp³-hybridized carbons (Fsp3) is 0.750. The maximum Gasteiger partial charge on any atom is 0.245 e. The van der Waals surface area contributed by atoms with Crippen LogP contribution in [-0.2, 0) is 21.8 Å². The van der Waals surface area contributed by atoms with Crippen LogP contribution in [0, 0.1) is 5.92 Å². The second kappa shape index (κ2) is 6.02. The molecule has 0 N–H and O–H groups in total. The molecule has 1 saturated heterocycles. The highest BCUT2D eigenvalue weighted by Crippen LogP contribution is 2.20. The predicted molar refractivity (Wildman–Crippen MR) is 71.2 cm³/mol. The Morgan fingerprint density at radius 1 is 1.47 bits per heavy atom. The molecule has 0 bridgehead atoms. The smallest absolute Gasteiger partial charge is 0.245 e. The van der Waals surface area contributed by atoms with Crippen molar-refractivity contribution in [2.75, 3.05) is 26.8 Å². The Balaban J connectivity index is 1.93. The summed E-state index contributed by atoms with van der Waals surface area (Å²) >= 11 is 0. The number of aromatic nitrogens is 2. The summed E-state index contributed by atoms with van der Waals surface area (Å²) in [5.74, 6) is 0.570. The van der Waals surface area contributed by atoms with Crippen LogP contribution in [0.2, 0.25) is 0 Å². The lowest BCUT2D eigenvalue weighted by atomic mass is 9.97. The van der Waals surface area contributed by atoms with E-state index in [4.69, 9.17) is 4.74 Å². The first-order valence-corrected chi connectivity index (χ1v) is 7.97. The van der Waals surface area contributed by atoms with E-state index in [1.807, 2.05) is 0 Å². The van der Waals surface area contributed by atoms with Crippen LogP contribution in [-0.4, -0.2) is 49.3 Å². The van der Waals surface area contributed by atoms with Crippen molar-refractivity contribution < 1.29 is 13.2 Å². The van der Waals surface area contributed by atoms with Gasteiger partial charge in [-0.25, -0.2) is 12.7 Å². The number of hydrogen-bond donors (Lipinski definition) is 0. The number of aryl methyl sites for hydroxylation is 1. The first-order valence-electron chi connectivity index (χ1n) is 6.53. The number of nitrogens with zero attached hydrogens (tertiary/aromatic N) is 3. The van der Waals surface area contributed by atoms with Crippen molar-refractivity contribution in [2.24, 2.45) is 13.0 Å². The molecule has 108 valence electrons. The highest BCUT2D eigenvalue weighted by molar-refractivity contribution is 7.89. The average Bonchev–Trinajstić information content (AvgIpc) is 2.84. The van der Waals surface area contributed by atoms with E-state index in [0.717, 1.165) is 32.5 Å². The number of sulfonamides is 1. The Morgan fingerprint density at radius 2 is 2.16 bits per heavy atom. The van der Waals surface area contributed by atoms with Crippen molar-refractivity contribution in [1.29, 1.82) is 0 Å². The molecule has 1 aromatic heterocycles. The minimum absolute atomic E-state index is 0.254. The normalized spacial score (nSPS) is 18.1. The fourth-order valence-corrected chi connectivity index (χ4v) is 3.40. The zero-order valence-corrected chi connectivity index (χ0v) is 12.3. The Labute approximate surface area is 114 Å². The monoisotopic (exact) mass is 287 g/mol. The van der Waals surface area contributed by atoms with Gasteiger partial charge in [-0.15, -0.1) is 0 Å². The van der Waals surface area contributed by atoms with Gasteiger partial charge in [0.15, 0.2) is 0 Å². The summed E-state index contributed by atoms with van der Waals surface area (Å²) in [4.78, 5) is 0.254. The van der Waals surface area contributed by atoms with Gasteiger partial charge in [-0.2, -0.15) is 5.10 Å². The molecule has 6 nitrogen and oxygen atoms in total. The van der Waals surface area contributed by atoms with E-state index in [1.54, 1.807) is 14.1 Å². The molecule has 0 aromatic carbocycles. The summed E-state index contributed by atoms with van der Waals surface area (Å²) in [6, 6.07) is 0. The van der Waals surface area contributed by atoms with Gasteiger partial charge in [0.05, 0.1) is 6.20 Å². The van der Waals surface area contributed by atoms with E-state index in [2.05, 4.69) is 5.10 Å². The van der Waals surface area contributed by atoms with Crippen molar-refractivity contribution in [3.8, 4) is 0 Å². The molecule has 1 aliphatic rings. The van der Waals surface area contributed by atoms with Crippen LogP contribution in [0.4, 0.5) is 0 Å². The minimum Gasteiger partial charge on any atom is -0.381 e. The Kier molecular flexibility index (Phi) is 4.59. The van der Waals surface area contributed by atoms with Crippen molar-refractivity contribution in [3.05, 3.63) is 12.4 Å². The molecule has 0 unspecified atom stereocenters. The largest absolute Gasteiger partial charge is 0.381 e. The van der Waals surface area contributed by atoms with Gasteiger partial charge in [0.1, 0.15) is 4.90 Å². The predicted octanol–water partition coefficient (Wildman–Crippen LogP) is 0.857. The second-order valence-electron chi connectivity index (χ2n) is 5.02. The van der Waals surface area contributed by atoms with Crippen LogP contribution in [0.5, 0.6) is 0 Å². The molecule has 19 heavy (non-hydrogen) atoms. The molecule has 0 amide bonds. The van der Waals surface area contributed by atoms with E-state index in [1.165, 1.54) is 21.4 Å². The molecule has 2 rings (SSSR count). The van der Waals surface area contributed by atoms with Gasteiger partial charge in [0.2, 0.25) is 10.0 Å². The van der Waals surface area contributed by atoms with Crippen LogP contribution in [0.3, 0.4) is 0 Å². The van der Waals surface area contributed by atoms with Crippen LogP contribution in [0.1, 0.15) is 19.3 Å². The molecular weight excluding hydrogens is 266 g/mol. The maximum absolute atomic E-state index is 12.3. The minimum atomic E-state index is -3.40. The van der Waals surface area contributed by atoms with Gasteiger partial charge in [0.25, 0.3) is 0 Å². The van der Waals surface area contributed by atoms with Gasteiger partial charge >= 0.3 is 0 Å². The fourth-order valence-electron chi connectivity index (χ4n) is 2.23. The Bertz CT molecular complexity index is 506. The van der Waals surface area contributed by atoms with Crippen LogP contribution in [0.25, 0.3) is 0 Å². The molecule has 0 saturated carbocycles. The highest BCUT2D eigenvalue weighted by atomic mass is 32.2. The van der Waals surface area contributed by atoms with Crippen molar-refractivity contribution >= 4 is 10.0 Å². The van der Waals surface area contributed by atoms with Crippen molar-refractivity contribution in [1.82, 2.24) is 14.1 Å². The summed E-state index contributed by atoms with van der Waals surface area (Å²) < 4.78 is 32.8. The zero-order valence-electron chi connectivity index (χ0n) is 11.4. The lowest BCUT2D eigenvalue weighted by Crippen LogP contribution is -2.30. The number of rotatable bonds is 5. The summed E-state index contributed by atoms with van der Waals surface area (Å²) in [5.41, 5.74) is 0. The van der Waals surface area contributed by atoms with Crippen LogP contribution >= 0.6 is 0 Å². The summed E-state index contributed by atoms with van der Waals surface area (Å²) in [6.07, 6.45) is 5.86. The van der Waals surface area contributed by atoms with E-state index in [9.17, 15) is 8.42 Å². The SMILES string of the molecule is CN(CCC1CCOCC1)S(=O)(=O)c1cnn(C)c1. The first-order chi connectivity index (χ1) is 9.00. The third kappa shape index (κ3) is 3.55. The molecule has 0 atom stereocenters. The standard InChI is InChI=1S/C12H21N3O3S/c1-14-10-12(9-13-14)19(16,17)15(2)6-3-11-4-7-18-8-5-11/h9-11H,3-8H2,1-2H3. The van der Waals surface area contributed by atoms with Gasteiger partial charge in [0, 0.05) is 40.1 Å². The van der Waals surface area contributed by atoms with E-state index in [-0.39, 0.29) is 4.90 Å². The molecule has 0 aliphatic carbocycles. The molecule has 1 aliphatic heterocycles. The van der Waals surface area contributed by atoms with Gasteiger partial charge in [-0.3, -0.25) is 4.68 Å². The third-order valence-electron chi connectivity index (χ3n) is 3.58.